The smallest absolute Gasteiger partial charge is 0.119 e. The second-order valence-electron chi connectivity index (χ2n) is 5.33. The Morgan fingerprint density at radius 2 is 1.43 bits per heavy atom. The van der Waals surface area contributed by atoms with E-state index in [1.807, 2.05) is 12.1 Å². The van der Waals surface area contributed by atoms with Crippen LogP contribution in [0.5, 0.6) is 5.75 Å². The molecule has 120 valence electrons. The topological polar surface area (TPSA) is 110 Å². The number of hydrogen-bond donors (Lipinski definition) is 5. The first kappa shape index (κ1) is 17.9. The predicted molar refractivity (Wildman–Crippen MR) is 77.1 cm³/mol. The van der Waals surface area contributed by atoms with Crippen molar-refractivity contribution in [2.45, 2.75) is 44.2 Å². The third kappa shape index (κ3) is 5.26. The number of aliphatic hydroxyl groups is 5. The van der Waals surface area contributed by atoms with Crippen LogP contribution >= 0.6 is 0 Å². The van der Waals surface area contributed by atoms with E-state index in [0.29, 0.717) is 11.7 Å². The van der Waals surface area contributed by atoms with E-state index in [1.165, 1.54) is 0 Å². The van der Waals surface area contributed by atoms with Crippen molar-refractivity contribution in [2.75, 3.05) is 13.2 Å². The van der Waals surface area contributed by atoms with Gasteiger partial charge in [-0.1, -0.05) is 26.0 Å². The summed E-state index contributed by atoms with van der Waals surface area (Å²) in [5.41, 5.74) is 1.16. The van der Waals surface area contributed by atoms with Gasteiger partial charge in [0, 0.05) is 0 Å². The minimum Gasteiger partial charge on any atom is -0.491 e. The second-order valence-corrected chi connectivity index (χ2v) is 5.33. The number of rotatable bonds is 8. The lowest BCUT2D eigenvalue weighted by Gasteiger charge is -2.25. The predicted octanol–water partition coefficient (Wildman–Crippen LogP) is -0.375. The van der Waals surface area contributed by atoms with Crippen molar-refractivity contribution in [3.63, 3.8) is 0 Å². The van der Waals surface area contributed by atoms with Crippen molar-refractivity contribution in [1.29, 1.82) is 0 Å². The Morgan fingerprint density at radius 3 is 1.90 bits per heavy atom. The lowest BCUT2D eigenvalue weighted by atomic mass is 10.0. The molecule has 4 atom stereocenters. The van der Waals surface area contributed by atoms with E-state index in [-0.39, 0.29) is 6.61 Å². The van der Waals surface area contributed by atoms with Crippen LogP contribution in [-0.2, 0) is 0 Å². The number of aliphatic hydroxyl groups excluding tert-OH is 5. The molecule has 0 aliphatic heterocycles. The van der Waals surface area contributed by atoms with Crippen LogP contribution in [0.4, 0.5) is 0 Å². The molecule has 1 aromatic carbocycles. The highest BCUT2D eigenvalue weighted by Crippen LogP contribution is 2.19. The van der Waals surface area contributed by atoms with Crippen LogP contribution in [0.15, 0.2) is 24.3 Å². The standard InChI is InChI=1S/C15H24O6/c1-9(2)10-3-5-11(6-4-10)21-8-13(18)15(20)14(19)12(17)7-16/h3-6,9,12-20H,7-8H2,1-2H3/t12-,13+,14-,15-/m1/s1. The van der Waals surface area contributed by atoms with Gasteiger partial charge in [-0.05, 0) is 23.6 Å². The first-order valence-corrected chi connectivity index (χ1v) is 6.92. The third-order valence-electron chi connectivity index (χ3n) is 3.29. The fourth-order valence-corrected chi connectivity index (χ4v) is 1.79. The first-order chi connectivity index (χ1) is 9.86. The Morgan fingerprint density at radius 1 is 0.905 bits per heavy atom. The highest BCUT2D eigenvalue weighted by atomic mass is 16.5. The minimum absolute atomic E-state index is 0.239. The average Bonchev–Trinajstić information content (AvgIpc) is 2.50. The maximum Gasteiger partial charge on any atom is 0.119 e. The Labute approximate surface area is 124 Å². The molecule has 0 saturated heterocycles. The van der Waals surface area contributed by atoms with Gasteiger partial charge >= 0.3 is 0 Å². The first-order valence-electron chi connectivity index (χ1n) is 6.92. The number of hydrogen-bond acceptors (Lipinski definition) is 6. The molecule has 0 heterocycles. The molecule has 0 fully saturated rings. The molecular formula is C15H24O6. The van der Waals surface area contributed by atoms with E-state index < -0.39 is 31.0 Å². The maximum atomic E-state index is 9.71. The van der Waals surface area contributed by atoms with E-state index >= 15 is 0 Å². The lowest BCUT2D eigenvalue weighted by Crippen LogP contribution is -2.47. The zero-order valence-corrected chi connectivity index (χ0v) is 12.3. The highest BCUT2D eigenvalue weighted by molar-refractivity contribution is 5.28. The third-order valence-corrected chi connectivity index (χ3v) is 3.29. The van der Waals surface area contributed by atoms with Crippen LogP contribution < -0.4 is 4.74 Å². The molecule has 1 rings (SSSR count). The van der Waals surface area contributed by atoms with Gasteiger partial charge in [-0.3, -0.25) is 0 Å². The zero-order chi connectivity index (χ0) is 16.0. The van der Waals surface area contributed by atoms with E-state index in [9.17, 15) is 20.4 Å². The van der Waals surface area contributed by atoms with Gasteiger partial charge in [0.2, 0.25) is 0 Å². The quantitative estimate of drug-likeness (QED) is 0.448. The molecule has 6 nitrogen and oxygen atoms in total. The van der Waals surface area contributed by atoms with Crippen LogP contribution in [0, 0.1) is 0 Å². The second kappa shape index (κ2) is 8.31. The van der Waals surface area contributed by atoms with E-state index in [2.05, 4.69) is 13.8 Å². The Bertz CT molecular complexity index is 405. The van der Waals surface area contributed by atoms with Crippen molar-refractivity contribution in [1.82, 2.24) is 0 Å². The fourth-order valence-electron chi connectivity index (χ4n) is 1.79. The number of ether oxygens (including phenoxy) is 1. The molecule has 0 aliphatic carbocycles. The summed E-state index contributed by atoms with van der Waals surface area (Å²) in [6, 6.07) is 7.33. The molecule has 0 bridgehead atoms. The molecule has 0 amide bonds. The van der Waals surface area contributed by atoms with Gasteiger partial charge in [0.1, 0.15) is 36.8 Å². The Balaban J connectivity index is 2.50. The minimum atomic E-state index is -1.64. The molecule has 0 aromatic heterocycles. The van der Waals surface area contributed by atoms with Crippen LogP contribution in [-0.4, -0.2) is 63.2 Å². The van der Waals surface area contributed by atoms with Crippen molar-refractivity contribution in [2.24, 2.45) is 0 Å². The van der Waals surface area contributed by atoms with Crippen LogP contribution in [0.25, 0.3) is 0 Å². The van der Waals surface area contributed by atoms with Crippen LogP contribution in [0.3, 0.4) is 0 Å². The largest absolute Gasteiger partial charge is 0.491 e. The SMILES string of the molecule is CC(C)c1ccc(OC[C@H](O)[C@@H](O)[C@H](O)[C@H](O)CO)cc1. The molecule has 21 heavy (non-hydrogen) atoms. The monoisotopic (exact) mass is 300 g/mol. The van der Waals surface area contributed by atoms with Crippen LogP contribution in [0.2, 0.25) is 0 Å². The van der Waals surface area contributed by atoms with Gasteiger partial charge in [0.15, 0.2) is 0 Å². The molecule has 1 aromatic rings. The van der Waals surface area contributed by atoms with E-state index in [1.54, 1.807) is 12.1 Å². The number of benzene rings is 1. The Hall–Kier alpha value is -1.18. The molecule has 0 spiro atoms. The van der Waals surface area contributed by atoms with Crippen molar-refractivity contribution in [3.05, 3.63) is 29.8 Å². The lowest BCUT2D eigenvalue weighted by molar-refractivity contribution is -0.121. The summed E-state index contributed by atoms with van der Waals surface area (Å²) in [5, 5.41) is 46.7. The molecule has 6 heteroatoms. The molecule has 0 unspecified atom stereocenters. The molecule has 5 N–H and O–H groups in total. The average molecular weight is 300 g/mol. The Kier molecular flexibility index (Phi) is 7.07. The van der Waals surface area contributed by atoms with E-state index in [0.717, 1.165) is 5.56 Å². The van der Waals surface area contributed by atoms with Gasteiger partial charge in [0.05, 0.1) is 6.61 Å². The van der Waals surface area contributed by atoms with Crippen LogP contribution in [0.1, 0.15) is 25.3 Å². The molecular weight excluding hydrogens is 276 g/mol. The normalized spacial score (nSPS) is 17.3. The van der Waals surface area contributed by atoms with Gasteiger partial charge in [-0.2, -0.15) is 0 Å². The van der Waals surface area contributed by atoms with Gasteiger partial charge in [-0.25, -0.2) is 0 Å². The maximum absolute atomic E-state index is 9.71. The van der Waals surface area contributed by atoms with Crippen molar-refractivity contribution in [3.8, 4) is 5.75 Å². The summed E-state index contributed by atoms with van der Waals surface area (Å²) in [7, 11) is 0. The summed E-state index contributed by atoms with van der Waals surface area (Å²) < 4.78 is 5.32. The van der Waals surface area contributed by atoms with E-state index in [4.69, 9.17) is 9.84 Å². The molecule has 0 aliphatic rings. The fraction of sp³-hybridized carbons (Fsp3) is 0.600. The zero-order valence-electron chi connectivity index (χ0n) is 12.3. The highest BCUT2D eigenvalue weighted by Gasteiger charge is 2.30. The summed E-state index contributed by atoms with van der Waals surface area (Å²) in [6.45, 7) is 3.20. The van der Waals surface area contributed by atoms with Crippen molar-refractivity contribution >= 4 is 0 Å². The molecule has 0 saturated carbocycles. The summed E-state index contributed by atoms with van der Waals surface area (Å²) in [5.74, 6) is 0.935. The van der Waals surface area contributed by atoms with Crippen molar-refractivity contribution < 1.29 is 30.3 Å². The molecule has 0 radical (unpaired) electrons. The van der Waals surface area contributed by atoms with Gasteiger partial charge < -0.3 is 30.3 Å². The van der Waals surface area contributed by atoms with Gasteiger partial charge in [0.25, 0.3) is 0 Å². The summed E-state index contributed by atoms with van der Waals surface area (Å²) in [6.07, 6.45) is -6.15. The summed E-state index contributed by atoms with van der Waals surface area (Å²) in [4.78, 5) is 0. The summed E-state index contributed by atoms with van der Waals surface area (Å²) >= 11 is 0. The van der Waals surface area contributed by atoms with Gasteiger partial charge in [-0.15, -0.1) is 0 Å².